The number of Topliss-reactive ketones (excluding diaryl/α,β-unsaturated/α-hetero) is 2. The van der Waals surface area contributed by atoms with E-state index in [1.165, 1.54) is 0 Å². The molecule has 2 aromatic carbocycles. The van der Waals surface area contributed by atoms with Gasteiger partial charge in [0.1, 0.15) is 5.82 Å². The van der Waals surface area contributed by atoms with Gasteiger partial charge in [0.15, 0.2) is 17.4 Å². The van der Waals surface area contributed by atoms with Crippen molar-refractivity contribution in [2.45, 2.75) is 89.9 Å². The molecule has 0 radical (unpaired) electrons. The molecule has 6 nitrogen and oxygen atoms in total. The Morgan fingerprint density at radius 1 is 0.729 bits per heavy atom. The monoisotopic (exact) mass is 674 g/mol. The Balaban J connectivity index is 1.30. The van der Waals surface area contributed by atoms with Crippen molar-refractivity contribution in [2.75, 3.05) is 10.2 Å². The Morgan fingerprint density at radius 3 is 2.02 bits per heavy atom. The summed E-state index contributed by atoms with van der Waals surface area (Å²) in [6, 6.07) is 19.4. The number of thiazole rings is 2. The number of fused-ring (bicyclic) bond motifs is 2. The molecule has 8 heteroatoms. The lowest BCUT2D eigenvalue weighted by Crippen LogP contribution is -2.44. The van der Waals surface area contributed by atoms with Gasteiger partial charge in [-0.15, -0.1) is 22.7 Å². The van der Waals surface area contributed by atoms with Crippen molar-refractivity contribution in [1.29, 1.82) is 0 Å². The Morgan fingerprint density at radius 2 is 1.33 bits per heavy atom. The zero-order chi connectivity index (χ0) is 33.2. The highest BCUT2D eigenvalue weighted by Gasteiger charge is 2.52. The van der Waals surface area contributed by atoms with E-state index in [9.17, 15) is 9.59 Å². The van der Waals surface area contributed by atoms with E-state index in [2.05, 4.69) is 86.4 Å². The lowest BCUT2D eigenvalue weighted by atomic mass is 9.63. The second-order valence-electron chi connectivity index (χ2n) is 13.8. The molecular formula is C40H42N4O2S2. The van der Waals surface area contributed by atoms with Crippen LogP contribution in [-0.2, 0) is 20.4 Å². The number of rotatable bonds is 7. The summed E-state index contributed by atoms with van der Waals surface area (Å²) in [6.45, 7) is 8.77. The Labute approximate surface area is 291 Å². The standard InChI is InChI=1S/C40H42N4O2S2/c1-5-24-18-29-33(31(45)20-24)39(7-3,35-37(43-29)41-22-47-35)27-14-16-28(17-15-27)44-30-19-25(6-2)21-32(46)34(30)40(8-4,26-12-10-9-11-13-26)36-38(44)42-23-48-36/h9-17,22-25,43H,5-8,18-21H2,1-4H3/t24-,25+,39-,40-/m1/s1. The predicted molar refractivity (Wildman–Crippen MR) is 195 cm³/mol. The number of aromatic nitrogens is 2. The minimum atomic E-state index is -0.553. The molecule has 0 saturated carbocycles. The fraction of sp³-hybridized carbons (Fsp3) is 0.400. The number of carbonyl (C=O) groups excluding carboxylic acids is 2. The first-order chi connectivity index (χ1) is 23.4. The summed E-state index contributed by atoms with van der Waals surface area (Å²) in [5, 5.41) is 3.58. The van der Waals surface area contributed by atoms with Gasteiger partial charge in [0.05, 0.1) is 31.6 Å². The van der Waals surface area contributed by atoms with Crippen molar-refractivity contribution < 1.29 is 9.59 Å². The summed E-state index contributed by atoms with van der Waals surface area (Å²) < 4.78 is 0. The SMILES string of the molecule is CC[C@@H]1CC(=O)C2=C(C1)N(c1ccc([C@]3(CC)C4=C(C[C@@H](CC)CC4=O)Nc4ncsc43)cc1)c1ncsc1[C@]2(CC)c1ccccc1. The molecule has 48 heavy (non-hydrogen) atoms. The highest BCUT2D eigenvalue weighted by atomic mass is 32.1. The van der Waals surface area contributed by atoms with Gasteiger partial charge in [0.2, 0.25) is 0 Å². The first-order valence-corrected chi connectivity index (χ1v) is 19.3. The minimum Gasteiger partial charge on any atom is -0.342 e. The van der Waals surface area contributed by atoms with E-state index < -0.39 is 10.8 Å². The molecule has 0 saturated heterocycles. The van der Waals surface area contributed by atoms with Crippen LogP contribution in [0.15, 0.2) is 88.2 Å². The van der Waals surface area contributed by atoms with Crippen LogP contribution in [0.1, 0.15) is 99.9 Å². The number of anilines is 3. The van der Waals surface area contributed by atoms with Gasteiger partial charge in [-0.2, -0.15) is 0 Å². The smallest absolute Gasteiger partial charge is 0.162 e. The van der Waals surface area contributed by atoms with E-state index in [0.717, 1.165) is 99.3 Å². The topological polar surface area (TPSA) is 75.2 Å². The molecule has 8 rings (SSSR count). The number of nitrogens with zero attached hydrogens (tertiary/aromatic N) is 3. The maximum Gasteiger partial charge on any atom is 0.162 e. The number of benzene rings is 2. The summed E-state index contributed by atoms with van der Waals surface area (Å²) in [4.78, 5) is 42.6. The molecule has 1 N–H and O–H groups in total. The lowest BCUT2D eigenvalue weighted by Gasteiger charge is -2.47. The number of nitrogens with one attached hydrogen (secondary N) is 1. The average Bonchev–Trinajstić information content (AvgIpc) is 3.81. The molecule has 4 aromatic rings. The van der Waals surface area contributed by atoms with Crippen molar-refractivity contribution >= 4 is 51.6 Å². The Kier molecular flexibility index (Phi) is 7.79. The molecule has 4 heterocycles. The zero-order valence-corrected chi connectivity index (χ0v) is 29.8. The van der Waals surface area contributed by atoms with E-state index >= 15 is 0 Å². The quantitative estimate of drug-likeness (QED) is 0.210. The Hall–Kier alpha value is -3.88. The van der Waals surface area contributed by atoms with Crippen molar-refractivity contribution in [3.05, 3.63) is 109 Å². The van der Waals surface area contributed by atoms with Crippen LogP contribution in [0.3, 0.4) is 0 Å². The van der Waals surface area contributed by atoms with Crippen LogP contribution in [-0.4, -0.2) is 21.5 Å². The van der Waals surface area contributed by atoms with Crippen LogP contribution in [0.4, 0.5) is 17.3 Å². The molecule has 0 fully saturated rings. The van der Waals surface area contributed by atoms with E-state index in [0.29, 0.717) is 24.7 Å². The maximum atomic E-state index is 14.3. The number of ketones is 2. The zero-order valence-electron chi connectivity index (χ0n) is 28.1. The highest BCUT2D eigenvalue weighted by Crippen LogP contribution is 2.58. The Bertz CT molecular complexity index is 1970. The van der Waals surface area contributed by atoms with E-state index in [4.69, 9.17) is 9.97 Å². The third-order valence-corrected chi connectivity index (χ3v) is 13.6. The first kappa shape index (κ1) is 31.4. The van der Waals surface area contributed by atoms with Gasteiger partial charge in [0, 0.05) is 41.1 Å². The third kappa shape index (κ3) is 4.34. The lowest BCUT2D eigenvalue weighted by molar-refractivity contribution is -0.118. The molecule has 4 atom stereocenters. The van der Waals surface area contributed by atoms with Crippen LogP contribution < -0.4 is 10.2 Å². The maximum absolute atomic E-state index is 14.3. The van der Waals surface area contributed by atoms with Crippen LogP contribution in [0.2, 0.25) is 0 Å². The van der Waals surface area contributed by atoms with Gasteiger partial charge in [-0.1, -0.05) is 83.0 Å². The molecule has 2 aliphatic heterocycles. The molecule has 0 unspecified atom stereocenters. The van der Waals surface area contributed by atoms with Gasteiger partial charge in [-0.05, 0) is 60.8 Å². The molecule has 0 spiro atoms. The second kappa shape index (κ2) is 11.9. The van der Waals surface area contributed by atoms with Crippen molar-refractivity contribution in [3.63, 3.8) is 0 Å². The summed E-state index contributed by atoms with van der Waals surface area (Å²) in [7, 11) is 0. The molecule has 0 amide bonds. The molecule has 2 aliphatic carbocycles. The van der Waals surface area contributed by atoms with Crippen molar-refractivity contribution in [3.8, 4) is 0 Å². The van der Waals surface area contributed by atoms with E-state index in [-0.39, 0.29) is 11.6 Å². The van der Waals surface area contributed by atoms with Gasteiger partial charge in [-0.25, -0.2) is 9.97 Å². The summed E-state index contributed by atoms with van der Waals surface area (Å²) in [5.74, 6) is 2.97. The second-order valence-corrected chi connectivity index (χ2v) is 15.5. The molecule has 0 bridgehead atoms. The first-order valence-electron chi connectivity index (χ1n) is 17.6. The molecule has 4 aliphatic rings. The number of hydrogen-bond acceptors (Lipinski definition) is 8. The van der Waals surface area contributed by atoms with Gasteiger partial charge in [0.25, 0.3) is 0 Å². The predicted octanol–water partition coefficient (Wildman–Crippen LogP) is 9.86. The van der Waals surface area contributed by atoms with Crippen molar-refractivity contribution in [1.82, 2.24) is 9.97 Å². The highest BCUT2D eigenvalue weighted by molar-refractivity contribution is 7.10. The van der Waals surface area contributed by atoms with E-state index in [1.807, 2.05) is 17.1 Å². The van der Waals surface area contributed by atoms with Crippen LogP contribution >= 0.6 is 22.7 Å². The molecule has 246 valence electrons. The number of allylic oxidation sites excluding steroid dienone is 4. The van der Waals surface area contributed by atoms with E-state index in [1.54, 1.807) is 22.7 Å². The van der Waals surface area contributed by atoms with Crippen LogP contribution in [0.25, 0.3) is 0 Å². The summed E-state index contributed by atoms with van der Waals surface area (Å²) in [6.07, 6.45) is 6.38. The third-order valence-electron chi connectivity index (χ3n) is 11.7. The van der Waals surface area contributed by atoms with Gasteiger partial charge >= 0.3 is 0 Å². The molecule has 2 aromatic heterocycles. The normalized spacial score (nSPS) is 26.5. The minimum absolute atomic E-state index is 0.252. The summed E-state index contributed by atoms with van der Waals surface area (Å²) in [5.41, 5.74) is 10.0. The summed E-state index contributed by atoms with van der Waals surface area (Å²) >= 11 is 3.29. The number of carbonyl (C=O) groups is 2. The largest absolute Gasteiger partial charge is 0.342 e. The van der Waals surface area contributed by atoms with Gasteiger partial charge < -0.3 is 5.32 Å². The van der Waals surface area contributed by atoms with Gasteiger partial charge in [-0.3, -0.25) is 14.5 Å². The average molecular weight is 675 g/mol. The van der Waals surface area contributed by atoms with Crippen LogP contribution in [0, 0.1) is 11.8 Å². The fourth-order valence-electron chi connectivity index (χ4n) is 9.20. The van der Waals surface area contributed by atoms with Crippen molar-refractivity contribution in [2.24, 2.45) is 11.8 Å². The number of hydrogen-bond donors (Lipinski definition) is 1. The van der Waals surface area contributed by atoms with Crippen LogP contribution in [0.5, 0.6) is 0 Å². The molecular weight excluding hydrogens is 633 g/mol. The fourth-order valence-corrected chi connectivity index (χ4v) is 11.3.